The van der Waals surface area contributed by atoms with Crippen LogP contribution in [0.15, 0.2) is 48.5 Å². The first-order valence-electron chi connectivity index (χ1n) is 8.47. The minimum Gasteiger partial charge on any atom is -0.464 e. The Kier molecular flexibility index (Phi) is 5.00. The summed E-state index contributed by atoms with van der Waals surface area (Å²) >= 11 is 0. The van der Waals surface area contributed by atoms with Crippen molar-refractivity contribution in [1.29, 1.82) is 0 Å². The molecule has 0 saturated heterocycles. The molecule has 0 aromatic heterocycles. The molecule has 1 atom stereocenters. The average Bonchev–Trinajstić information content (AvgIpc) is 2.91. The summed E-state index contributed by atoms with van der Waals surface area (Å²) in [7, 11) is 1.62. The predicted octanol–water partition coefficient (Wildman–Crippen LogP) is 4.26. The van der Waals surface area contributed by atoms with E-state index in [-0.39, 0.29) is 23.7 Å². The SMILES string of the molecule is COCC(C(=O)OCC1c2ccccc2-c2ccccc21)C(C)C. The number of benzene rings is 2. The zero-order valence-corrected chi connectivity index (χ0v) is 14.5. The lowest BCUT2D eigenvalue weighted by molar-refractivity contribution is -0.152. The second kappa shape index (κ2) is 7.18. The topological polar surface area (TPSA) is 35.5 Å². The van der Waals surface area contributed by atoms with E-state index in [1.165, 1.54) is 22.3 Å². The van der Waals surface area contributed by atoms with Crippen molar-refractivity contribution >= 4 is 5.97 Å². The Morgan fingerprint density at radius 1 is 1.00 bits per heavy atom. The molecule has 3 rings (SSSR count). The van der Waals surface area contributed by atoms with Gasteiger partial charge in [0.25, 0.3) is 0 Å². The fourth-order valence-corrected chi connectivity index (χ4v) is 3.42. The van der Waals surface area contributed by atoms with E-state index in [9.17, 15) is 4.79 Å². The van der Waals surface area contributed by atoms with Gasteiger partial charge in [0, 0.05) is 13.0 Å². The summed E-state index contributed by atoms with van der Waals surface area (Å²) in [5.74, 6) is -0.0899. The van der Waals surface area contributed by atoms with Gasteiger partial charge >= 0.3 is 5.97 Å². The third kappa shape index (κ3) is 3.09. The maximum atomic E-state index is 12.5. The van der Waals surface area contributed by atoms with Crippen molar-refractivity contribution in [1.82, 2.24) is 0 Å². The molecule has 0 spiro atoms. The smallest absolute Gasteiger partial charge is 0.311 e. The first kappa shape index (κ1) is 16.7. The molecule has 0 fully saturated rings. The number of methoxy groups -OCH3 is 1. The zero-order valence-electron chi connectivity index (χ0n) is 14.5. The lowest BCUT2D eigenvalue weighted by atomic mass is 9.96. The lowest BCUT2D eigenvalue weighted by Gasteiger charge is -2.20. The lowest BCUT2D eigenvalue weighted by Crippen LogP contribution is -2.28. The van der Waals surface area contributed by atoms with Crippen LogP contribution in [0.3, 0.4) is 0 Å². The van der Waals surface area contributed by atoms with Gasteiger partial charge in [-0.1, -0.05) is 62.4 Å². The normalized spacial score (nSPS) is 14.3. The number of hydrogen-bond donors (Lipinski definition) is 0. The van der Waals surface area contributed by atoms with Gasteiger partial charge in [0.15, 0.2) is 0 Å². The number of carbonyl (C=O) groups is 1. The van der Waals surface area contributed by atoms with E-state index in [4.69, 9.17) is 9.47 Å². The fraction of sp³-hybridized carbons (Fsp3) is 0.381. The number of carbonyl (C=O) groups excluding carboxylic acids is 1. The molecule has 2 aromatic rings. The molecule has 1 aliphatic carbocycles. The maximum absolute atomic E-state index is 12.5. The summed E-state index contributed by atoms with van der Waals surface area (Å²) in [6.07, 6.45) is 0. The van der Waals surface area contributed by atoms with Crippen LogP contribution in [0, 0.1) is 11.8 Å². The summed E-state index contributed by atoms with van der Waals surface area (Å²) < 4.78 is 10.9. The van der Waals surface area contributed by atoms with E-state index in [0.717, 1.165) is 0 Å². The highest BCUT2D eigenvalue weighted by Gasteiger charge is 2.30. The summed E-state index contributed by atoms with van der Waals surface area (Å²) in [5.41, 5.74) is 4.96. The van der Waals surface area contributed by atoms with Gasteiger partial charge in [-0.25, -0.2) is 0 Å². The molecule has 126 valence electrons. The number of esters is 1. The van der Waals surface area contributed by atoms with Crippen molar-refractivity contribution < 1.29 is 14.3 Å². The van der Waals surface area contributed by atoms with E-state index in [0.29, 0.717) is 13.2 Å². The molecule has 1 unspecified atom stereocenters. The van der Waals surface area contributed by atoms with Gasteiger partial charge in [0.2, 0.25) is 0 Å². The quantitative estimate of drug-likeness (QED) is 0.745. The summed E-state index contributed by atoms with van der Waals surface area (Å²) in [6, 6.07) is 16.7. The monoisotopic (exact) mass is 324 g/mol. The Labute approximate surface area is 143 Å². The van der Waals surface area contributed by atoms with Crippen LogP contribution < -0.4 is 0 Å². The van der Waals surface area contributed by atoms with Crippen molar-refractivity contribution in [3.8, 4) is 11.1 Å². The van der Waals surface area contributed by atoms with Crippen LogP contribution in [0.1, 0.15) is 30.9 Å². The highest BCUT2D eigenvalue weighted by atomic mass is 16.5. The van der Waals surface area contributed by atoms with Crippen LogP contribution in [-0.2, 0) is 14.3 Å². The van der Waals surface area contributed by atoms with Crippen LogP contribution >= 0.6 is 0 Å². The maximum Gasteiger partial charge on any atom is 0.311 e. The molecule has 2 aromatic carbocycles. The van der Waals surface area contributed by atoms with Crippen LogP contribution in [0.25, 0.3) is 11.1 Å². The molecule has 0 radical (unpaired) electrons. The zero-order chi connectivity index (χ0) is 17.1. The Hall–Kier alpha value is -2.13. The first-order chi connectivity index (χ1) is 11.6. The second-order valence-electron chi connectivity index (χ2n) is 6.66. The van der Waals surface area contributed by atoms with Crippen LogP contribution in [0.2, 0.25) is 0 Å². The third-order valence-electron chi connectivity index (χ3n) is 4.81. The third-order valence-corrected chi connectivity index (χ3v) is 4.81. The molecular weight excluding hydrogens is 300 g/mol. The number of rotatable bonds is 6. The molecule has 1 aliphatic rings. The van der Waals surface area contributed by atoms with Gasteiger partial charge in [-0.3, -0.25) is 4.79 Å². The van der Waals surface area contributed by atoms with E-state index in [1.54, 1.807) is 7.11 Å². The Morgan fingerprint density at radius 2 is 1.54 bits per heavy atom. The number of fused-ring (bicyclic) bond motifs is 3. The molecule has 0 amide bonds. The highest BCUT2D eigenvalue weighted by molar-refractivity contribution is 5.79. The van der Waals surface area contributed by atoms with Crippen LogP contribution in [0.4, 0.5) is 0 Å². The van der Waals surface area contributed by atoms with Crippen LogP contribution in [0.5, 0.6) is 0 Å². The molecule has 0 heterocycles. The number of ether oxygens (including phenoxy) is 2. The van der Waals surface area contributed by atoms with E-state index < -0.39 is 0 Å². The Morgan fingerprint density at radius 3 is 2.04 bits per heavy atom. The summed E-state index contributed by atoms with van der Waals surface area (Å²) in [4.78, 5) is 12.5. The molecule has 3 heteroatoms. The minimum atomic E-state index is -0.220. The first-order valence-corrected chi connectivity index (χ1v) is 8.47. The molecule has 0 aliphatic heterocycles. The largest absolute Gasteiger partial charge is 0.464 e. The van der Waals surface area contributed by atoms with Crippen molar-refractivity contribution in [3.05, 3.63) is 59.7 Å². The van der Waals surface area contributed by atoms with Crippen LogP contribution in [-0.4, -0.2) is 26.3 Å². The van der Waals surface area contributed by atoms with Crippen molar-refractivity contribution in [2.45, 2.75) is 19.8 Å². The van der Waals surface area contributed by atoms with Crippen molar-refractivity contribution in [2.24, 2.45) is 11.8 Å². The van der Waals surface area contributed by atoms with E-state index in [1.807, 2.05) is 26.0 Å². The highest BCUT2D eigenvalue weighted by Crippen LogP contribution is 2.44. The number of hydrogen-bond acceptors (Lipinski definition) is 3. The second-order valence-corrected chi connectivity index (χ2v) is 6.66. The van der Waals surface area contributed by atoms with Crippen molar-refractivity contribution in [2.75, 3.05) is 20.3 Å². The van der Waals surface area contributed by atoms with Gasteiger partial charge < -0.3 is 9.47 Å². The molecule has 0 saturated carbocycles. The Balaban J connectivity index is 1.79. The molecule has 24 heavy (non-hydrogen) atoms. The van der Waals surface area contributed by atoms with E-state index >= 15 is 0 Å². The fourth-order valence-electron chi connectivity index (χ4n) is 3.42. The average molecular weight is 324 g/mol. The van der Waals surface area contributed by atoms with Gasteiger partial charge in [0.05, 0.1) is 12.5 Å². The molecule has 0 bridgehead atoms. The summed E-state index contributed by atoms with van der Waals surface area (Å²) in [6.45, 7) is 4.81. The van der Waals surface area contributed by atoms with Gasteiger partial charge in [-0.15, -0.1) is 0 Å². The standard InChI is InChI=1S/C21H24O3/c1-14(2)19(12-23-3)21(22)24-13-20-17-10-6-4-8-15(17)16-9-5-7-11-18(16)20/h4-11,14,19-20H,12-13H2,1-3H3. The molecule has 0 N–H and O–H groups in total. The van der Waals surface area contributed by atoms with Gasteiger partial charge in [-0.05, 0) is 28.2 Å². The molecule has 3 nitrogen and oxygen atoms in total. The predicted molar refractivity (Wildman–Crippen MR) is 94.9 cm³/mol. The van der Waals surface area contributed by atoms with Gasteiger partial charge in [-0.2, -0.15) is 0 Å². The van der Waals surface area contributed by atoms with Crippen molar-refractivity contribution in [3.63, 3.8) is 0 Å². The molecular formula is C21H24O3. The summed E-state index contributed by atoms with van der Waals surface area (Å²) in [5, 5.41) is 0. The Bertz CT molecular complexity index is 675. The van der Waals surface area contributed by atoms with E-state index in [2.05, 4.69) is 36.4 Å². The minimum absolute atomic E-state index is 0.108. The van der Waals surface area contributed by atoms with Gasteiger partial charge in [0.1, 0.15) is 6.61 Å².